The molecular weight excluding hydrogens is 199 g/mol. The van der Waals surface area contributed by atoms with Crippen molar-refractivity contribution in [2.75, 3.05) is 0 Å². The third kappa shape index (κ3) is 6.01. The standard InChI is InChI=1S/C12H21O.K/c1-10(2)3-4-11-5-7-12(9-13)8-6-11;/h10-12H,3-8H2,1-2H3;/q-1;+1. The maximum absolute atomic E-state index is 10.4. The fourth-order valence-electron chi connectivity index (χ4n) is 2.14. The summed E-state index contributed by atoms with van der Waals surface area (Å²) in [4.78, 5) is 10.4. The minimum Gasteiger partial charge on any atom is -0.542 e. The van der Waals surface area contributed by atoms with Gasteiger partial charge in [-0.1, -0.05) is 52.4 Å². The molecule has 1 aliphatic rings. The molecule has 0 heterocycles. The third-order valence-corrected chi connectivity index (χ3v) is 3.17. The predicted molar refractivity (Wildman–Crippen MR) is 55.2 cm³/mol. The van der Waals surface area contributed by atoms with Gasteiger partial charge < -0.3 is 4.79 Å². The molecule has 1 fully saturated rings. The van der Waals surface area contributed by atoms with Gasteiger partial charge in [0.05, 0.1) is 0 Å². The smallest absolute Gasteiger partial charge is 0.542 e. The summed E-state index contributed by atoms with van der Waals surface area (Å²) in [5.74, 6) is 1.98. The molecule has 0 aromatic carbocycles. The quantitative estimate of drug-likeness (QED) is 0.493. The normalized spacial score (nSPS) is 27.1. The number of carbonyl (C=O) groups excluding carboxylic acids is 1. The molecule has 0 amide bonds. The van der Waals surface area contributed by atoms with E-state index in [0.29, 0.717) is 0 Å². The van der Waals surface area contributed by atoms with Crippen LogP contribution in [-0.2, 0) is 4.79 Å². The zero-order valence-electron chi connectivity index (χ0n) is 9.88. The molecule has 0 bridgehead atoms. The predicted octanol–water partition coefficient (Wildman–Crippen LogP) is 0.343. The molecule has 0 aromatic rings. The van der Waals surface area contributed by atoms with Crippen LogP contribution in [0, 0.1) is 17.8 Å². The van der Waals surface area contributed by atoms with Crippen molar-refractivity contribution in [1.82, 2.24) is 0 Å². The molecule has 0 radical (unpaired) electrons. The van der Waals surface area contributed by atoms with Crippen molar-refractivity contribution in [3.05, 3.63) is 0 Å². The molecule has 0 spiro atoms. The van der Waals surface area contributed by atoms with Crippen LogP contribution < -0.4 is 51.4 Å². The Bertz CT molecular complexity index is 148. The van der Waals surface area contributed by atoms with E-state index in [1.165, 1.54) is 25.7 Å². The maximum Gasteiger partial charge on any atom is 1.00 e. The summed E-state index contributed by atoms with van der Waals surface area (Å²) in [6, 6.07) is 0. The first-order valence-electron chi connectivity index (χ1n) is 5.60. The third-order valence-electron chi connectivity index (χ3n) is 3.17. The van der Waals surface area contributed by atoms with Gasteiger partial charge in [0.1, 0.15) is 0 Å². The first-order chi connectivity index (χ1) is 6.22. The van der Waals surface area contributed by atoms with Crippen molar-refractivity contribution in [3.8, 4) is 0 Å². The van der Waals surface area contributed by atoms with Gasteiger partial charge in [0, 0.05) is 0 Å². The SMILES string of the molecule is CC(C)CCC1CCC([C-]=O)CC1.[K+]. The van der Waals surface area contributed by atoms with Crippen molar-refractivity contribution in [2.45, 2.75) is 52.4 Å². The second-order valence-corrected chi connectivity index (χ2v) is 4.81. The van der Waals surface area contributed by atoms with Gasteiger partial charge in [-0.15, -0.1) is 5.92 Å². The maximum atomic E-state index is 10.4. The number of rotatable bonds is 4. The van der Waals surface area contributed by atoms with Crippen LogP contribution >= 0.6 is 0 Å². The van der Waals surface area contributed by atoms with Gasteiger partial charge in [0.2, 0.25) is 0 Å². The van der Waals surface area contributed by atoms with Gasteiger partial charge in [-0.05, 0) is 11.8 Å². The van der Waals surface area contributed by atoms with E-state index in [1.807, 2.05) is 0 Å². The molecule has 0 aromatic heterocycles. The van der Waals surface area contributed by atoms with Crippen LogP contribution in [0.2, 0.25) is 0 Å². The first-order valence-corrected chi connectivity index (χ1v) is 5.60. The van der Waals surface area contributed by atoms with Gasteiger partial charge in [-0.2, -0.15) is 0 Å². The second-order valence-electron chi connectivity index (χ2n) is 4.81. The van der Waals surface area contributed by atoms with E-state index in [9.17, 15) is 4.79 Å². The summed E-state index contributed by atoms with van der Waals surface area (Å²) in [7, 11) is 0. The van der Waals surface area contributed by atoms with Crippen LogP contribution in [0.4, 0.5) is 0 Å². The van der Waals surface area contributed by atoms with Gasteiger partial charge in [-0.25, -0.2) is 0 Å². The summed E-state index contributed by atoms with van der Waals surface area (Å²) in [6.45, 7) is 4.57. The Morgan fingerprint density at radius 3 is 2.21 bits per heavy atom. The van der Waals surface area contributed by atoms with Crippen molar-refractivity contribution >= 4 is 6.29 Å². The summed E-state index contributed by atoms with van der Waals surface area (Å²) in [5, 5.41) is 0. The summed E-state index contributed by atoms with van der Waals surface area (Å²) in [5.41, 5.74) is 0. The molecule has 1 rings (SSSR count). The molecule has 0 saturated heterocycles. The molecule has 0 aliphatic heterocycles. The Kier molecular flexibility index (Phi) is 9.25. The van der Waals surface area contributed by atoms with Crippen molar-refractivity contribution in [3.63, 3.8) is 0 Å². The topological polar surface area (TPSA) is 17.1 Å². The van der Waals surface area contributed by atoms with Crippen LogP contribution in [0.5, 0.6) is 0 Å². The van der Waals surface area contributed by atoms with Crippen molar-refractivity contribution in [2.24, 2.45) is 17.8 Å². The van der Waals surface area contributed by atoms with Crippen LogP contribution in [0.1, 0.15) is 52.4 Å². The zero-order valence-corrected chi connectivity index (χ0v) is 13.0. The average molecular weight is 220 g/mol. The van der Waals surface area contributed by atoms with Gasteiger partial charge >= 0.3 is 51.4 Å². The van der Waals surface area contributed by atoms with Crippen molar-refractivity contribution in [1.29, 1.82) is 0 Å². The zero-order chi connectivity index (χ0) is 9.68. The minimum absolute atomic E-state index is 0. The fraction of sp³-hybridized carbons (Fsp3) is 0.917. The number of hydrogen-bond donors (Lipinski definition) is 0. The summed E-state index contributed by atoms with van der Waals surface area (Å²) < 4.78 is 0. The number of hydrogen-bond acceptors (Lipinski definition) is 1. The van der Waals surface area contributed by atoms with Crippen LogP contribution in [0.15, 0.2) is 0 Å². The molecule has 1 saturated carbocycles. The fourth-order valence-corrected chi connectivity index (χ4v) is 2.14. The Morgan fingerprint density at radius 2 is 1.79 bits per heavy atom. The minimum atomic E-state index is 0. The van der Waals surface area contributed by atoms with Gasteiger partial charge in [-0.3, -0.25) is 6.29 Å². The van der Waals surface area contributed by atoms with Gasteiger partial charge in [0.15, 0.2) is 0 Å². The van der Waals surface area contributed by atoms with E-state index in [2.05, 4.69) is 20.1 Å². The monoisotopic (exact) mass is 220 g/mol. The Balaban J connectivity index is 0.00000169. The van der Waals surface area contributed by atoms with E-state index in [-0.39, 0.29) is 57.3 Å². The molecule has 0 unspecified atom stereocenters. The van der Waals surface area contributed by atoms with E-state index < -0.39 is 0 Å². The van der Waals surface area contributed by atoms with Crippen LogP contribution in [0.25, 0.3) is 0 Å². The largest absolute Gasteiger partial charge is 1.00 e. The molecule has 0 atom stereocenters. The van der Waals surface area contributed by atoms with Gasteiger partial charge in [0.25, 0.3) is 0 Å². The Morgan fingerprint density at radius 1 is 1.21 bits per heavy atom. The second kappa shape index (κ2) is 8.46. The molecule has 76 valence electrons. The first kappa shape index (κ1) is 15.3. The van der Waals surface area contributed by atoms with E-state index >= 15 is 0 Å². The Labute approximate surface area is 131 Å². The Hall–Kier alpha value is 1.31. The molecule has 1 nitrogen and oxygen atoms in total. The van der Waals surface area contributed by atoms with E-state index in [1.54, 1.807) is 0 Å². The molecule has 14 heavy (non-hydrogen) atoms. The van der Waals surface area contributed by atoms with Crippen LogP contribution in [0.3, 0.4) is 0 Å². The summed E-state index contributed by atoms with van der Waals surface area (Å²) >= 11 is 0. The summed E-state index contributed by atoms with van der Waals surface area (Å²) in [6.07, 6.45) is 9.54. The molecular formula is C12H21KO. The average Bonchev–Trinajstić information content (AvgIpc) is 2.15. The molecule has 2 heteroatoms. The van der Waals surface area contributed by atoms with Crippen molar-refractivity contribution < 1.29 is 56.2 Å². The van der Waals surface area contributed by atoms with E-state index in [4.69, 9.17) is 0 Å². The molecule has 0 N–H and O–H groups in total. The molecule has 1 aliphatic carbocycles. The van der Waals surface area contributed by atoms with E-state index in [0.717, 1.165) is 24.7 Å². The van der Waals surface area contributed by atoms with Crippen LogP contribution in [-0.4, -0.2) is 6.29 Å².